The average molecular weight is 353 g/mol. The van der Waals surface area contributed by atoms with Crippen molar-refractivity contribution < 1.29 is 14.3 Å². The molecule has 3 heteroatoms. The Kier molecular flexibility index (Phi) is 19.9. The van der Waals surface area contributed by atoms with Crippen molar-refractivity contribution in [3.63, 3.8) is 0 Å². The van der Waals surface area contributed by atoms with Crippen molar-refractivity contribution in [2.45, 2.75) is 110 Å². The van der Waals surface area contributed by atoms with Crippen LogP contribution in [0, 0.1) is 11.8 Å². The minimum Gasteiger partial charge on any atom is -0.434 e. The molecule has 0 aromatic rings. The van der Waals surface area contributed by atoms with Crippen LogP contribution < -0.4 is 0 Å². The largest absolute Gasteiger partial charge is 0.509 e. The molecule has 0 amide bonds. The third-order valence-corrected chi connectivity index (χ3v) is 4.41. The van der Waals surface area contributed by atoms with E-state index in [0.717, 1.165) is 12.8 Å². The monoisotopic (exact) mass is 352 g/mol. The summed E-state index contributed by atoms with van der Waals surface area (Å²) in [6, 6.07) is 0. The van der Waals surface area contributed by atoms with Gasteiger partial charge in [-0.3, -0.25) is 0 Å². The molecule has 0 aliphatic rings. The summed E-state index contributed by atoms with van der Waals surface area (Å²) in [6.07, 6.45) is 19.4. The Morgan fingerprint density at radius 3 is 1.56 bits per heavy atom. The standard InChI is InChI=1S/C22H40O3/c1-3-5-7-8-9-10-11-12-13-14-15-16-17-18-19-21-25-22(23)24-20-6-4-2/h3,5,7-21H2,1-2H3. The van der Waals surface area contributed by atoms with Gasteiger partial charge in [-0.2, -0.15) is 0 Å². The van der Waals surface area contributed by atoms with Crippen LogP contribution >= 0.6 is 0 Å². The summed E-state index contributed by atoms with van der Waals surface area (Å²) in [5.41, 5.74) is 0. The highest BCUT2D eigenvalue weighted by molar-refractivity contribution is 5.60. The molecular formula is C22H40O3. The Bertz CT molecular complexity index is 341. The van der Waals surface area contributed by atoms with E-state index in [4.69, 9.17) is 9.47 Å². The van der Waals surface area contributed by atoms with Crippen molar-refractivity contribution in [1.82, 2.24) is 0 Å². The van der Waals surface area contributed by atoms with E-state index in [2.05, 4.69) is 18.8 Å². The van der Waals surface area contributed by atoms with Gasteiger partial charge in [-0.05, 0) is 13.3 Å². The van der Waals surface area contributed by atoms with Crippen LogP contribution in [0.25, 0.3) is 0 Å². The predicted molar refractivity (Wildman–Crippen MR) is 106 cm³/mol. The van der Waals surface area contributed by atoms with Crippen molar-refractivity contribution >= 4 is 6.16 Å². The number of unbranched alkanes of at least 4 members (excludes halogenated alkanes) is 14. The molecule has 25 heavy (non-hydrogen) atoms. The van der Waals surface area contributed by atoms with E-state index in [1.807, 2.05) is 0 Å². The molecule has 0 aromatic carbocycles. The molecule has 0 aliphatic heterocycles. The van der Waals surface area contributed by atoms with E-state index in [-0.39, 0.29) is 6.61 Å². The summed E-state index contributed by atoms with van der Waals surface area (Å²) in [5.74, 6) is 5.33. The first-order valence-corrected chi connectivity index (χ1v) is 10.5. The third-order valence-electron chi connectivity index (χ3n) is 4.41. The number of carbonyl (C=O) groups excluding carboxylic acids is 1. The van der Waals surface area contributed by atoms with Gasteiger partial charge >= 0.3 is 6.16 Å². The highest BCUT2D eigenvalue weighted by Gasteiger charge is 2.01. The molecule has 0 rings (SSSR count). The third kappa shape index (κ3) is 20.8. The van der Waals surface area contributed by atoms with Gasteiger partial charge in [0.05, 0.1) is 6.61 Å². The predicted octanol–water partition coefficient (Wildman–Crippen LogP) is 7.03. The minimum absolute atomic E-state index is 0.119. The van der Waals surface area contributed by atoms with Crippen molar-refractivity contribution in [1.29, 1.82) is 0 Å². The van der Waals surface area contributed by atoms with Crippen LogP contribution in [0.4, 0.5) is 4.79 Å². The SMILES string of the molecule is CC#CCOC(=O)OCCCCCCCCCCCCCCCCC. The molecule has 0 unspecified atom stereocenters. The quantitative estimate of drug-likeness (QED) is 0.160. The number of hydrogen-bond acceptors (Lipinski definition) is 3. The van der Waals surface area contributed by atoms with Gasteiger partial charge in [0.25, 0.3) is 0 Å². The maximum atomic E-state index is 11.2. The van der Waals surface area contributed by atoms with Gasteiger partial charge in [-0.25, -0.2) is 4.79 Å². The summed E-state index contributed by atoms with van der Waals surface area (Å²) in [4.78, 5) is 11.2. The summed E-state index contributed by atoms with van der Waals surface area (Å²) in [6.45, 7) is 4.56. The lowest BCUT2D eigenvalue weighted by Gasteiger charge is -2.05. The molecule has 0 radical (unpaired) electrons. The fraction of sp³-hybridized carbons (Fsp3) is 0.864. The Balaban J connectivity index is 3.09. The second kappa shape index (κ2) is 20.9. The molecule has 0 spiro atoms. The van der Waals surface area contributed by atoms with E-state index >= 15 is 0 Å². The van der Waals surface area contributed by atoms with Crippen molar-refractivity contribution in [3.05, 3.63) is 0 Å². The second-order valence-electron chi connectivity index (χ2n) is 6.76. The van der Waals surface area contributed by atoms with Gasteiger partial charge < -0.3 is 9.47 Å². The van der Waals surface area contributed by atoms with Gasteiger partial charge in [-0.1, -0.05) is 103 Å². The first-order chi connectivity index (χ1) is 12.3. The Labute approximate surface area is 156 Å². The maximum absolute atomic E-state index is 11.2. The fourth-order valence-electron chi connectivity index (χ4n) is 2.84. The lowest BCUT2D eigenvalue weighted by molar-refractivity contribution is 0.0632. The fourth-order valence-corrected chi connectivity index (χ4v) is 2.84. The first kappa shape index (κ1) is 23.8. The number of hydrogen-bond donors (Lipinski definition) is 0. The molecule has 3 nitrogen and oxygen atoms in total. The van der Waals surface area contributed by atoms with E-state index in [1.165, 1.54) is 83.5 Å². The average Bonchev–Trinajstić information content (AvgIpc) is 2.61. The molecule has 0 aliphatic carbocycles. The number of ether oxygens (including phenoxy) is 2. The molecule has 146 valence electrons. The Morgan fingerprint density at radius 1 is 0.680 bits per heavy atom. The Hall–Kier alpha value is -1.17. The van der Waals surface area contributed by atoms with Crippen LogP contribution in [0.3, 0.4) is 0 Å². The molecule has 0 heterocycles. The van der Waals surface area contributed by atoms with Crippen LogP contribution in [0.1, 0.15) is 110 Å². The lowest BCUT2D eigenvalue weighted by atomic mass is 10.0. The first-order valence-electron chi connectivity index (χ1n) is 10.5. The molecule has 0 fully saturated rings. The van der Waals surface area contributed by atoms with Crippen LogP contribution in [0.2, 0.25) is 0 Å². The van der Waals surface area contributed by atoms with Gasteiger partial charge in [0.15, 0.2) is 6.61 Å². The van der Waals surface area contributed by atoms with Gasteiger partial charge in [0.2, 0.25) is 0 Å². The molecular weight excluding hydrogens is 312 g/mol. The lowest BCUT2D eigenvalue weighted by Crippen LogP contribution is -2.08. The van der Waals surface area contributed by atoms with Crippen molar-refractivity contribution in [3.8, 4) is 11.8 Å². The number of carbonyl (C=O) groups is 1. The van der Waals surface area contributed by atoms with Crippen LogP contribution in [0.5, 0.6) is 0 Å². The molecule has 0 atom stereocenters. The Morgan fingerprint density at radius 2 is 1.12 bits per heavy atom. The van der Waals surface area contributed by atoms with Crippen LogP contribution in [0.15, 0.2) is 0 Å². The smallest absolute Gasteiger partial charge is 0.434 e. The highest BCUT2D eigenvalue weighted by Crippen LogP contribution is 2.13. The minimum atomic E-state index is -0.604. The molecule has 0 N–H and O–H groups in total. The molecule has 0 saturated carbocycles. The van der Waals surface area contributed by atoms with E-state index in [0.29, 0.717) is 6.61 Å². The summed E-state index contributed by atoms with van der Waals surface area (Å²) < 4.78 is 9.74. The molecule has 0 saturated heterocycles. The molecule has 0 bridgehead atoms. The van der Waals surface area contributed by atoms with Crippen LogP contribution in [-0.4, -0.2) is 19.4 Å². The molecule has 0 aromatic heterocycles. The summed E-state index contributed by atoms with van der Waals surface area (Å²) >= 11 is 0. The zero-order chi connectivity index (χ0) is 18.4. The van der Waals surface area contributed by atoms with Gasteiger partial charge in [-0.15, -0.1) is 5.92 Å². The maximum Gasteiger partial charge on any atom is 0.509 e. The van der Waals surface area contributed by atoms with E-state index in [1.54, 1.807) is 6.92 Å². The highest BCUT2D eigenvalue weighted by atomic mass is 16.7. The van der Waals surface area contributed by atoms with Gasteiger partial charge in [0, 0.05) is 0 Å². The zero-order valence-electron chi connectivity index (χ0n) is 16.7. The summed E-state index contributed by atoms with van der Waals surface area (Å²) in [7, 11) is 0. The zero-order valence-corrected chi connectivity index (χ0v) is 16.7. The summed E-state index contributed by atoms with van der Waals surface area (Å²) in [5, 5.41) is 0. The van der Waals surface area contributed by atoms with E-state index < -0.39 is 6.16 Å². The van der Waals surface area contributed by atoms with Crippen molar-refractivity contribution in [2.24, 2.45) is 0 Å². The normalized spacial score (nSPS) is 10.2. The topological polar surface area (TPSA) is 35.5 Å². The van der Waals surface area contributed by atoms with E-state index in [9.17, 15) is 4.79 Å². The van der Waals surface area contributed by atoms with Crippen LogP contribution in [-0.2, 0) is 9.47 Å². The number of rotatable bonds is 17. The van der Waals surface area contributed by atoms with Gasteiger partial charge in [0.1, 0.15) is 0 Å². The second-order valence-corrected chi connectivity index (χ2v) is 6.76. The van der Waals surface area contributed by atoms with Crippen molar-refractivity contribution in [2.75, 3.05) is 13.2 Å².